The van der Waals surface area contributed by atoms with E-state index in [0.29, 0.717) is 16.9 Å². The third-order valence-corrected chi connectivity index (χ3v) is 4.49. The van der Waals surface area contributed by atoms with Gasteiger partial charge in [0, 0.05) is 11.1 Å². The van der Waals surface area contributed by atoms with Crippen LogP contribution in [-0.4, -0.2) is 13.1 Å². The van der Waals surface area contributed by atoms with E-state index in [0.717, 1.165) is 17.5 Å². The summed E-state index contributed by atoms with van der Waals surface area (Å²) >= 11 is 0. The lowest BCUT2D eigenvalue weighted by atomic mass is 9.99. The molecule has 5 heteroatoms. The SMILES string of the molecule is CCc1cc(C)c(OCc2c(CC(=O)OC)cccc2C(F)F)cc1C. The van der Waals surface area contributed by atoms with Crippen molar-refractivity contribution in [2.75, 3.05) is 7.11 Å². The van der Waals surface area contributed by atoms with E-state index in [2.05, 4.69) is 17.7 Å². The average molecular weight is 362 g/mol. The third kappa shape index (κ3) is 4.59. The van der Waals surface area contributed by atoms with Gasteiger partial charge in [0.25, 0.3) is 6.43 Å². The van der Waals surface area contributed by atoms with Crippen LogP contribution in [0, 0.1) is 13.8 Å². The highest BCUT2D eigenvalue weighted by Crippen LogP contribution is 2.29. The first-order valence-electron chi connectivity index (χ1n) is 8.55. The van der Waals surface area contributed by atoms with Crippen molar-refractivity contribution in [1.29, 1.82) is 0 Å². The minimum Gasteiger partial charge on any atom is -0.489 e. The van der Waals surface area contributed by atoms with Crippen LogP contribution in [-0.2, 0) is 29.0 Å². The molecule has 0 bridgehead atoms. The van der Waals surface area contributed by atoms with Crippen molar-refractivity contribution in [1.82, 2.24) is 0 Å². The van der Waals surface area contributed by atoms with Crippen LogP contribution in [0.2, 0.25) is 0 Å². The molecule has 0 saturated carbocycles. The summed E-state index contributed by atoms with van der Waals surface area (Å²) in [5.74, 6) is 0.185. The molecular weight excluding hydrogens is 338 g/mol. The summed E-state index contributed by atoms with van der Waals surface area (Å²) in [5, 5.41) is 0. The molecule has 0 saturated heterocycles. The number of hydrogen-bond acceptors (Lipinski definition) is 3. The normalized spacial score (nSPS) is 10.9. The number of benzene rings is 2. The zero-order valence-electron chi connectivity index (χ0n) is 15.6. The number of aryl methyl sites for hydroxylation is 3. The molecule has 0 radical (unpaired) electrons. The van der Waals surface area contributed by atoms with Crippen molar-refractivity contribution in [3.8, 4) is 5.75 Å². The van der Waals surface area contributed by atoms with Gasteiger partial charge in [-0.2, -0.15) is 0 Å². The highest BCUT2D eigenvalue weighted by atomic mass is 19.3. The largest absolute Gasteiger partial charge is 0.489 e. The van der Waals surface area contributed by atoms with E-state index in [1.54, 1.807) is 6.07 Å². The Morgan fingerprint density at radius 1 is 1.12 bits per heavy atom. The van der Waals surface area contributed by atoms with Gasteiger partial charge in [-0.3, -0.25) is 4.79 Å². The molecule has 0 aliphatic heterocycles. The standard InChI is InChI=1S/C21H24F2O3/c1-5-15-9-14(3)19(10-13(15)2)26-12-18-16(11-20(24)25-4)7-6-8-17(18)21(22)23/h6-10,21H,5,11-12H2,1-4H3. The van der Waals surface area contributed by atoms with Crippen molar-refractivity contribution in [3.63, 3.8) is 0 Å². The van der Waals surface area contributed by atoms with E-state index in [4.69, 9.17) is 4.74 Å². The minimum atomic E-state index is -2.64. The van der Waals surface area contributed by atoms with E-state index in [1.807, 2.05) is 19.9 Å². The Morgan fingerprint density at radius 3 is 2.46 bits per heavy atom. The smallest absolute Gasteiger partial charge is 0.309 e. The van der Waals surface area contributed by atoms with Gasteiger partial charge in [-0.05, 0) is 48.6 Å². The number of hydrogen-bond donors (Lipinski definition) is 0. The Morgan fingerprint density at radius 2 is 1.85 bits per heavy atom. The van der Waals surface area contributed by atoms with Gasteiger partial charge in [0.05, 0.1) is 13.5 Å². The number of carbonyl (C=O) groups is 1. The van der Waals surface area contributed by atoms with Crippen molar-refractivity contribution < 1.29 is 23.0 Å². The second kappa shape index (κ2) is 8.79. The number of ether oxygens (including phenoxy) is 2. The summed E-state index contributed by atoms with van der Waals surface area (Å²) in [7, 11) is 1.27. The second-order valence-electron chi connectivity index (χ2n) is 6.22. The van der Waals surface area contributed by atoms with Gasteiger partial charge in [-0.15, -0.1) is 0 Å². The topological polar surface area (TPSA) is 35.5 Å². The quantitative estimate of drug-likeness (QED) is 0.643. The first kappa shape index (κ1) is 19.9. The van der Waals surface area contributed by atoms with Crippen LogP contribution in [0.1, 0.15) is 46.7 Å². The molecule has 0 N–H and O–H groups in total. The Bertz CT molecular complexity index is 785. The third-order valence-electron chi connectivity index (χ3n) is 4.49. The summed E-state index contributed by atoms with van der Waals surface area (Å²) in [5.41, 5.74) is 4.00. The number of carbonyl (C=O) groups excluding carboxylic acids is 1. The van der Waals surface area contributed by atoms with Gasteiger partial charge in [-0.25, -0.2) is 8.78 Å². The molecule has 0 aliphatic carbocycles. The molecular formula is C21H24F2O3. The predicted molar refractivity (Wildman–Crippen MR) is 96.7 cm³/mol. The molecule has 0 amide bonds. The van der Waals surface area contributed by atoms with E-state index >= 15 is 0 Å². The van der Waals surface area contributed by atoms with Crippen LogP contribution in [0.15, 0.2) is 30.3 Å². The van der Waals surface area contributed by atoms with Crippen LogP contribution >= 0.6 is 0 Å². The number of rotatable bonds is 7. The van der Waals surface area contributed by atoms with Gasteiger partial charge in [0.2, 0.25) is 0 Å². The monoisotopic (exact) mass is 362 g/mol. The minimum absolute atomic E-state index is 0.0292. The average Bonchev–Trinajstić information content (AvgIpc) is 2.62. The molecule has 0 unspecified atom stereocenters. The fraction of sp³-hybridized carbons (Fsp3) is 0.381. The van der Waals surface area contributed by atoms with Gasteiger partial charge < -0.3 is 9.47 Å². The van der Waals surface area contributed by atoms with Gasteiger partial charge in [0.15, 0.2) is 0 Å². The molecule has 0 spiro atoms. The lowest BCUT2D eigenvalue weighted by molar-refractivity contribution is -0.139. The molecule has 0 aromatic heterocycles. The molecule has 140 valence electrons. The molecule has 0 atom stereocenters. The van der Waals surface area contributed by atoms with Crippen LogP contribution in [0.3, 0.4) is 0 Å². The summed E-state index contributed by atoms with van der Waals surface area (Å²) in [4.78, 5) is 11.6. The van der Waals surface area contributed by atoms with Gasteiger partial charge >= 0.3 is 5.97 Å². The molecule has 0 fully saturated rings. The Hall–Kier alpha value is -2.43. The van der Waals surface area contributed by atoms with Gasteiger partial charge in [0.1, 0.15) is 12.4 Å². The summed E-state index contributed by atoms with van der Waals surface area (Å²) in [6.07, 6.45) is -1.79. The number of methoxy groups -OCH3 is 1. The highest BCUT2D eigenvalue weighted by molar-refractivity contribution is 5.73. The van der Waals surface area contributed by atoms with E-state index in [-0.39, 0.29) is 18.6 Å². The highest BCUT2D eigenvalue weighted by Gasteiger charge is 2.19. The molecule has 3 nitrogen and oxygen atoms in total. The molecule has 2 aromatic rings. The first-order chi connectivity index (χ1) is 12.4. The molecule has 0 aliphatic rings. The predicted octanol–water partition coefficient (Wildman–Crippen LogP) is 5.10. The maximum absolute atomic E-state index is 13.4. The zero-order valence-corrected chi connectivity index (χ0v) is 15.6. The number of halogens is 2. The van der Waals surface area contributed by atoms with Crippen LogP contribution in [0.25, 0.3) is 0 Å². The van der Waals surface area contributed by atoms with Crippen molar-refractivity contribution in [2.45, 2.75) is 46.6 Å². The summed E-state index contributed by atoms with van der Waals surface area (Å²) in [6, 6.07) is 8.52. The van der Waals surface area contributed by atoms with Crippen molar-refractivity contribution in [2.24, 2.45) is 0 Å². The van der Waals surface area contributed by atoms with E-state index < -0.39 is 12.4 Å². The van der Waals surface area contributed by atoms with E-state index in [9.17, 15) is 13.6 Å². The molecule has 2 rings (SSSR count). The first-order valence-corrected chi connectivity index (χ1v) is 8.55. The Kier molecular flexibility index (Phi) is 6.72. The lowest BCUT2D eigenvalue weighted by Crippen LogP contribution is -2.11. The summed E-state index contributed by atoms with van der Waals surface area (Å²) in [6.45, 7) is 5.99. The molecule has 2 aromatic carbocycles. The molecule has 0 heterocycles. The Balaban J connectivity index is 2.33. The van der Waals surface area contributed by atoms with Crippen LogP contribution < -0.4 is 4.74 Å². The maximum Gasteiger partial charge on any atom is 0.309 e. The second-order valence-corrected chi connectivity index (χ2v) is 6.22. The lowest BCUT2D eigenvalue weighted by Gasteiger charge is -2.17. The van der Waals surface area contributed by atoms with E-state index in [1.165, 1.54) is 24.8 Å². The van der Waals surface area contributed by atoms with Gasteiger partial charge in [-0.1, -0.05) is 31.2 Å². The maximum atomic E-state index is 13.4. The van der Waals surface area contributed by atoms with Crippen molar-refractivity contribution in [3.05, 3.63) is 63.7 Å². The fourth-order valence-corrected chi connectivity index (χ4v) is 2.96. The fourth-order valence-electron chi connectivity index (χ4n) is 2.96. The molecule has 26 heavy (non-hydrogen) atoms. The number of esters is 1. The van der Waals surface area contributed by atoms with Crippen molar-refractivity contribution >= 4 is 5.97 Å². The van der Waals surface area contributed by atoms with Crippen LogP contribution in [0.5, 0.6) is 5.75 Å². The zero-order chi connectivity index (χ0) is 19.3. The Labute approximate surface area is 152 Å². The van der Waals surface area contributed by atoms with Crippen LogP contribution in [0.4, 0.5) is 8.78 Å². The number of alkyl halides is 2. The summed E-state index contributed by atoms with van der Waals surface area (Å²) < 4.78 is 37.4.